The fourth-order valence-electron chi connectivity index (χ4n) is 2.91. The van der Waals surface area contributed by atoms with Gasteiger partial charge in [-0.1, -0.05) is 36.8 Å². The molecular weight excluding hydrogens is 274 g/mol. The van der Waals surface area contributed by atoms with Gasteiger partial charge in [-0.05, 0) is 20.3 Å². The molecule has 3 rings (SSSR count). The first-order valence-corrected chi connectivity index (χ1v) is 7.84. The topological polar surface area (TPSA) is 46.1 Å². The lowest BCUT2D eigenvalue weighted by Crippen LogP contribution is -2.39. The van der Waals surface area contributed by atoms with Gasteiger partial charge in [-0.15, -0.1) is 0 Å². The molecule has 0 saturated carbocycles. The predicted octanol–water partition coefficient (Wildman–Crippen LogP) is 3.17. The standard InChI is InChI=1S/C18H21N3O/c1-4-10-21-11-9-15-16(18(21)22)13(3)19-17(20-15)14-7-5-12(2)6-8-14/h5-8H,4,9-11H2,1-3H3. The van der Waals surface area contributed by atoms with Gasteiger partial charge >= 0.3 is 0 Å². The summed E-state index contributed by atoms with van der Waals surface area (Å²) in [6.07, 6.45) is 1.78. The van der Waals surface area contributed by atoms with Gasteiger partial charge in [-0.3, -0.25) is 4.79 Å². The maximum atomic E-state index is 12.6. The van der Waals surface area contributed by atoms with Crippen LogP contribution in [0.1, 0.15) is 40.7 Å². The number of carbonyl (C=O) groups is 1. The monoisotopic (exact) mass is 295 g/mol. The molecule has 1 aromatic heterocycles. The lowest BCUT2D eigenvalue weighted by molar-refractivity contribution is 0.0736. The molecule has 4 heteroatoms. The van der Waals surface area contributed by atoms with Gasteiger partial charge in [-0.2, -0.15) is 0 Å². The molecule has 0 saturated heterocycles. The van der Waals surface area contributed by atoms with Crippen molar-refractivity contribution in [2.45, 2.75) is 33.6 Å². The highest BCUT2D eigenvalue weighted by molar-refractivity contribution is 5.97. The Kier molecular flexibility index (Phi) is 3.92. The van der Waals surface area contributed by atoms with Crippen molar-refractivity contribution in [2.24, 2.45) is 0 Å². The lowest BCUT2D eigenvalue weighted by Gasteiger charge is -2.28. The largest absolute Gasteiger partial charge is 0.338 e. The highest BCUT2D eigenvalue weighted by Crippen LogP contribution is 2.24. The van der Waals surface area contributed by atoms with E-state index in [9.17, 15) is 4.79 Å². The fraction of sp³-hybridized carbons (Fsp3) is 0.389. The number of rotatable bonds is 3. The summed E-state index contributed by atoms with van der Waals surface area (Å²) in [6, 6.07) is 8.18. The van der Waals surface area contributed by atoms with Crippen LogP contribution in [0.3, 0.4) is 0 Å². The molecule has 114 valence electrons. The molecule has 0 radical (unpaired) electrons. The normalized spacial score (nSPS) is 14.1. The first-order chi connectivity index (χ1) is 10.6. The second-order valence-electron chi connectivity index (χ2n) is 5.86. The van der Waals surface area contributed by atoms with Gasteiger partial charge < -0.3 is 4.90 Å². The maximum Gasteiger partial charge on any atom is 0.257 e. The van der Waals surface area contributed by atoms with Crippen LogP contribution in [0.4, 0.5) is 0 Å². The minimum Gasteiger partial charge on any atom is -0.338 e. The number of nitrogens with zero attached hydrogens (tertiary/aromatic N) is 3. The molecule has 1 amide bonds. The number of aryl methyl sites for hydroxylation is 2. The molecule has 22 heavy (non-hydrogen) atoms. The van der Waals surface area contributed by atoms with E-state index in [1.54, 1.807) is 0 Å². The summed E-state index contributed by atoms with van der Waals surface area (Å²) in [4.78, 5) is 23.7. The third kappa shape index (κ3) is 2.61. The number of amides is 1. The highest BCUT2D eigenvalue weighted by atomic mass is 16.2. The number of hydrogen-bond acceptors (Lipinski definition) is 3. The van der Waals surface area contributed by atoms with E-state index in [1.807, 2.05) is 24.0 Å². The van der Waals surface area contributed by atoms with E-state index in [2.05, 4.69) is 35.9 Å². The second kappa shape index (κ2) is 5.87. The van der Waals surface area contributed by atoms with Crippen molar-refractivity contribution < 1.29 is 4.79 Å². The summed E-state index contributed by atoms with van der Waals surface area (Å²) < 4.78 is 0. The minimum atomic E-state index is 0.0797. The molecule has 1 aliphatic rings. The van der Waals surface area contributed by atoms with Gasteiger partial charge in [0.25, 0.3) is 5.91 Å². The van der Waals surface area contributed by atoms with Crippen molar-refractivity contribution in [3.8, 4) is 11.4 Å². The smallest absolute Gasteiger partial charge is 0.257 e. The first-order valence-electron chi connectivity index (χ1n) is 7.84. The molecule has 0 unspecified atom stereocenters. The third-order valence-electron chi connectivity index (χ3n) is 4.09. The summed E-state index contributed by atoms with van der Waals surface area (Å²) in [5.41, 5.74) is 4.59. The molecule has 0 fully saturated rings. The van der Waals surface area contributed by atoms with Crippen LogP contribution < -0.4 is 0 Å². The Labute approximate surface area is 131 Å². The SMILES string of the molecule is CCCN1CCc2nc(-c3ccc(C)cc3)nc(C)c2C1=O. The fourth-order valence-corrected chi connectivity index (χ4v) is 2.91. The summed E-state index contributed by atoms with van der Waals surface area (Å²) in [5, 5.41) is 0. The highest BCUT2D eigenvalue weighted by Gasteiger charge is 2.27. The van der Waals surface area contributed by atoms with Crippen LogP contribution in [-0.2, 0) is 6.42 Å². The van der Waals surface area contributed by atoms with Gasteiger partial charge in [0.1, 0.15) is 0 Å². The average molecular weight is 295 g/mol. The van der Waals surface area contributed by atoms with Crippen molar-refractivity contribution in [2.75, 3.05) is 13.1 Å². The third-order valence-corrected chi connectivity index (χ3v) is 4.09. The van der Waals surface area contributed by atoms with E-state index in [-0.39, 0.29) is 5.91 Å². The molecule has 1 aromatic carbocycles. The number of hydrogen-bond donors (Lipinski definition) is 0. The maximum absolute atomic E-state index is 12.6. The van der Waals surface area contributed by atoms with Crippen molar-refractivity contribution >= 4 is 5.91 Å². The molecule has 0 aliphatic carbocycles. The molecular formula is C18H21N3O. The van der Waals surface area contributed by atoms with E-state index in [0.29, 0.717) is 11.4 Å². The molecule has 2 heterocycles. The van der Waals surface area contributed by atoms with Crippen LogP contribution in [0, 0.1) is 13.8 Å². The van der Waals surface area contributed by atoms with Crippen LogP contribution in [0.2, 0.25) is 0 Å². The van der Waals surface area contributed by atoms with Crippen LogP contribution in [0.5, 0.6) is 0 Å². The average Bonchev–Trinajstić information content (AvgIpc) is 2.50. The van der Waals surface area contributed by atoms with Gasteiger partial charge in [-0.25, -0.2) is 9.97 Å². The number of aromatic nitrogens is 2. The number of benzene rings is 1. The number of fused-ring (bicyclic) bond motifs is 1. The van der Waals surface area contributed by atoms with E-state index in [1.165, 1.54) is 5.56 Å². The van der Waals surface area contributed by atoms with Crippen molar-refractivity contribution in [3.05, 3.63) is 46.8 Å². The molecule has 1 aliphatic heterocycles. The number of carbonyl (C=O) groups excluding carboxylic acids is 1. The van der Waals surface area contributed by atoms with E-state index >= 15 is 0 Å². The Bertz CT molecular complexity index is 707. The molecule has 0 N–H and O–H groups in total. The Morgan fingerprint density at radius 1 is 1.14 bits per heavy atom. The molecule has 0 atom stereocenters. The van der Waals surface area contributed by atoms with Crippen molar-refractivity contribution in [1.29, 1.82) is 0 Å². The molecule has 2 aromatic rings. The molecule has 0 spiro atoms. The van der Waals surface area contributed by atoms with E-state index in [0.717, 1.165) is 42.9 Å². The summed E-state index contributed by atoms with van der Waals surface area (Å²) in [6.45, 7) is 7.61. The predicted molar refractivity (Wildman–Crippen MR) is 86.8 cm³/mol. The van der Waals surface area contributed by atoms with Gasteiger partial charge in [0.15, 0.2) is 5.82 Å². The van der Waals surface area contributed by atoms with Crippen LogP contribution in [-0.4, -0.2) is 33.9 Å². The van der Waals surface area contributed by atoms with Crippen LogP contribution in [0.25, 0.3) is 11.4 Å². The Morgan fingerprint density at radius 3 is 2.55 bits per heavy atom. The van der Waals surface area contributed by atoms with E-state index < -0.39 is 0 Å². The van der Waals surface area contributed by atoms with Crippen molar-refractivity contribution in [3.63, 3.8) is 0 Å². The Hall–Kier alpha value is -2.23. The second-order valence-corrected chi connectivity index (χ2v) is 5.86. The van der Waals surface area contributed by atoms with Gasteiger partial charge in [0.2, 0.25) is 0 Å². The minimum absolute atomic E-state index is 0.0797. The summed E-state index contributed by atoms with van der Waals surface area (Å²) >= 11 is 0. The zero-order valence-electron chi connectivity index (χ0n) is 13.4. The lowest BCUT2D eigenvalue weighted by atomic mass is 10.0. The Morgan fingerprint density at radius 2 is 1.86 bits per heavy atom. The summed E-state index contributed by atoms with van der Waals surface area (Å²) in [5.74, 6) is 0.795. The summed E-state index contributed by atoms with van der Waals surface area (Å²) in [7, 11) is 0. The first kappa shape index (κ1) is 14.7. The van der Waals surface area contributed by atoms with Gasteiger partial charge in [0, 0.05) is 25.1 Å². The van der Waals surface area contributed by atoms with Gasteiger partial charge in [0.05, 0.1) is 17.0 Å². The quantitative estimate of drug-likeness (QED) is 0.873. The zero-order valence-corrected chi connectivity index (χ0v) is 13.4. The molecule has 4 nitrogen and oxygen atoms in total. The molecule has 0 bridgehead atoms. The van der Waals surface area contributed by atoms with E-state index in [4.69, 9.17) is 0 Å². The zero-order chi connectivity index (χ0) is 15.7. The van der Waals surface area contributed by atoms with Crippen LogP contribution >= 0.6 is 0 Å². The Balaban J connectivity index is 2.01. The van der Waals surface area contributed by atoms with Crippen LogP contribution in [0.15, 0.2) is 24.3 Å². The van der Waals surface area contributed by atoms with Crippen molar-refractivity contribution in [1.82, 2.24) is 14.9 Å².